The molecule has 5 heteroatoms. The fourth-order valence-electron chi connectivity index (χ4n) is 2.12. The molecular formula is C14H20N2OS2. The van der Waals surface area contributed by atoms with Crippen LogP contribution in [0.15, 0.2) is 24.3 Å². The number of hydrogen-bond acceptors (Lipinski definition) is 3. The Labute approximate surface area is 124 Å². The molecule has 1 aromatic rings. The van der Waals surface area contributed by atoms with Gasteiger partial charge < -0.3 is 15.4 Å². The molecule has 0 aliphatic carbocycles. The third kappa shape index (κ3) is 4.28. The number of ether oxygens (including phenoxy) is 1. The molecule has 1 atom stereocenters. The van der Waals surface area contributed by atoms with Crippen LogP contribution in [0.3, 0.4) is 0 Å². The molecule has 0 aromatic heterocycles. The first-order valence-electron chi connectivity index (χ1n) is 6.56. The van der Waals surface area contributed by atoms with E-state index >= 15 is 0 Å². The van der Waals surface area contributed by atoms with Gasteiger partial charge in [0.2, 0.25) is 0 Å². The van der Waals surface area contributed by atoms with Gasteiger partial charge in [-0.3, -0.25) is 0 Å². The van der Waals surface area contributed by atoms with Gasteiger partial charge in [0.25, 0.3) is 0 Å². The Morgan fingerprint density at radius 1 is 1.47 bits per heavy atom. The van der Waals surface area contributed by atoms with Gasteiger partial charge in [0.1, 0.15) is 5.75 Å². The lowest BCUT2D eigenvalue weighted by atomic mass is 10.0. The zero-order valence-corrected chi connectivity index (χ0v) is 12.8. The zero-order valence-electron chi connectivity index (χ0n) is 11.1. The number of rotatable bonds is 5. The normalized spacial score (nSPS) is 17.2. The smallest absolute Gasteiger partial charge is 0.166 e. The number of benzene rings is 1. The fraction of sp³-hybridized carbons (Fsp3) is 0.500. The molecule has 104 valence electrons. The average Bonchev–Trinajstić information content (AvgIpc) is 2.44. The highest BCUT2D eigenvalue weighted by atomic mass is 32.2. The van der Waals surface area contributed by atoms with Crippen molar-refractivity contribution in [2.75, 3.05) is 25.2 Å². The molecule has 2 rings (SSSR count). The van der Waals surface area contributed by atoms with Gasteiger partial charge >= 0.3 is 0 Å². The van der Waals surface area contributed by atoms with Gasteiger partial charge in [-0.1, -0.05) is 18.2 Å². The molecule has 0 amide bonds. The maximum atomic E-state index is 5.64. The summed E-state index contributed by atoms with van der Waals surface area (Å²) in [7, 11) is 0. The van der Waals surface area contributed by atoms with Crippen LogP contribution in [0, 0.1) is 0 Å². The van der Waals surface area contributed by atoms with Gasteiger partial charge in [-0.25, -0.2) is 0 Å². The summed E-state index contributed by atoms with van der Waals surface area (Å²) in [4.78, 5) is 0. The maximum absolute atomic E-state index is 5.64. The van der Waals surface area contributed by atoms with Crippen LogP contribution in [-0.2, 0) is 0 Å². The largest absolute Gasteiger partial charge is 0.493 e. The molecular weight excluding hydrogens is 276 g/mol. The van der Waals surface area contributed by atoms with E-state index in [2.05, 4.69) is 23.0 Å². The van der Waals surface area contributed by atoms with E-state index in [0.29, 0.717) is 0 Å². The van der Waals surface area contributed by atoms with Crippen LogP contribution >= 0.6 is 24.0 Å². The van der Waals surface area contributed by atoms with Gasteiger partial charge in [0, 0.05) is 18.5 Å². The second kappa shape index (κ2) is 7.60. The molecule has 0 unspecified atom stereocenters. The van der Waals surface area contributed by atoms with Crippen LogP contribution in [0.2, 0.25) is 0 Å². The summed E-state index contributed by atoms with van der Waals surface area (Å²) in [6.45, 7) is 1.67. The van der Waals surface area contributed by atoms with Gasteiger partial charge in [-0.05, 0) is 36.7 Å². The van der Waals surface area contributed by atoms with Crippen LogP contribution in [-0.4, -0.2) is 30.3 Å². The molecule has 2 N–H and O–H groups in total. The molecule has 3 nitrogen and oxygen atoms in total. The maximum Gasteiger partial charge on any atom is 0.166 e. The van der Waals surface area contributed by atoms with Crippen LogP contribution in [0.1, 0.15) is 24.4 Å². The number of thioether (sulfide) groups is 1. The predicted octanol–water partition coefficient (Wildman–Crippen LogP) is 2.73. The predicted molar refractivity (Wildman–Crippen MR) is 86.0 cm³/mol. The Kier molecular flexibility index (Phi) is 5.79. The second-order valence-electron chi connectivity index (χ2n) is 4.47. The fourth-order valence-corrected chi connectivity index (χ4v) is 2.80. The summed E-state index contributed by atoms with van der Waals surface area (Å²) < 4.78 is 5.64. The summed E-state index contributed by atoms with van der Waals surface area (Å²) in [5.41, 5.74) is 1.20. The molecule has 0 bridgehead atoms. The minimum Gasteiger partial charge on any atom is -0.493 e. The van der Waals surface area contributed by atoms with Crippen molar-refractivity contribution in [1.29, 1.82) is 0 Å². The summed E-state index contributed by atoms with van der Waals surface area (Å²) >= 11 is 7.20. The summed E-state index contributed by atoms with van der Waals surface area (Å²) in [6.07, 6.45) is 4.20. The molecule has 0 saturated heterocycles. The van der Waals surface area contributed by atoms with Crippen molar-refractivity contribution in [3.8, 4) is 5.75 Å². The molecule has 1 aliphatic heterocycles. The van der Waals surface area contributed by atoms with E-state index < -0.39 is 0 Å². The van der Waals surface area contributed by atoms with E-state index in [1.54, 1.807) is 0 Å². The Balaban J connectivity index is 1.85. The third-order valence-corrected chi connectivity index (χ3v) is 4.03. The van der Waals surface area contributed by atoms with Crippen LogP contribution in [0.4, 0.5) is 0 Å². The minimum absolute atomic E-state index is 0.255. The molecule has 0 saturated carbocycles. The topological polar surface area (TPSA) is 33.3 Å². The van der Waals surface area contributed by atoms with Crippen molar-refractivity contribution >= 4 is 29.1 Å². The highest BCUT2D eigenvalue weighted by molar-refractivity contribution is 7.98. The van der Waals surface area contributed by atoms with E-state index in [0.717, 1.165) is 42.6 Å². The highest BCUT2D eigenvalue weighted by Crippen LogP contribution is 2.31. The van der Waals surface area contributed by atoms with E-state index in [1.165, 1.54) is 5.56 Å². The number of hydrogen-bond donors (Lipinski definition) is 2. The first kappa shape index (κ1) is 14.5. The Morgan fingerprint density at radius 2 is 2.32 bits per heavy atom. The van der Waals surface area contributed by atoms with E-state index in [1.807, 2.05) is 30.0 Å². The Hall–Kier alpha value is -0.940. The minimum atomic E-state index is 0.255. The Morgan fingerprint density at radius 3 is 3.16 bits per heavy atom. The van der Waals surface area contributed by atoms with Crippen molar-refractivity contribution < 1.29 is 4.74 Å². The second-order valence-corrected chi connectivity index (χ2v) is 5.87. The molecule has 1 heterocycles. The van der Waals surface area contributed by atoms with Gasteiger partial charge in [0.15, 0.2) is 5.11 Å². The van der Waals surface area contributed by atoms with Gasteiger partial charge in [0.05, 0.1) is 12.6 Å². The number of fused-ring (bicyclic) bond motifs is 1. The van der Waals surface area contributed by atoms with E-state index in [9.17, 15) is 0 Å². The average molecular weight is 296 g/mol. The van der Waals surface area contributed by atoms with E-state index in [-0.39, 0.29) is 6.04 Å². The van der Waals surface area contributed by atoms with Crippen molar-refractivity contribution in [2.24, 2.45) is 0 Å². The first-order valence-corrected chi connectivity index (χ1v) is 8.36. The molecule has 19 heavy (non-hydrogen) atoms. The highest BCUT2D eigenvalue weighted by Gasteiger charge is 2.21. The first-order chi connectivity index (χ1) is 9.31. The van der Waals surface area contributed by atoms with Crippen LogP contribution in [0.5, 0.6) is 5.75 Å². The quantitative estimate of drug-likeness (QED) is 0.645. The third-order valence-electron chi connectivity index (χ3n) is 3.07. The monoisotopic (exact) mass is 296 g/mol. The number of para-hydroxylation sites is 1. The molecule has 1 aromatic carbocycles. The molecule has 0 radical (unpaired) electrons. The van der Waals surface area contributed by atoms with Crippen molar-refractivity contribution in [2.45, 2.75) is 18.9 Å². The summed E-state index contributed by atoms with van der Waals surface area (Å²) in [5, 5.41) is 7.39. The lowest BCUT2D eigenvalue weighted by Crippen LogP contribution is -2.39. The summed E-state index contributed by atoms with van der Waals surface area (Å²) in [6, 6.07) is 8.41. The SMILES string of the molecule is CSCCCNC(=S)N[C@H]1CCOc2ccccc21. The van der Waals surface area contributed by atoms with Crippen molar-refractivity contribution in [1.82, 2.24) is 10.6 Å². The Bertz CT molecular complexity index is 426. The van der Waals surface area contributed by atoms with Gasteiger partial charge in [-0.2, -0.15) is 11.8 Å². The number of nitrogens with one attached hydrogen (secondary N) is 2. The zero-order chi connectivity index (χ0) is 13.5. The lowest BCUT2D eigenvalue weighted by molar-refractivity contribution is 0.262. The molecule has 0 spiro atoms. The summed E-state index contributed by atoms with van der Waals surface area (Å²) in [5.74, 6) is 2.13. The van der Waals surface area contributed by atoms with Crippen molar-refractivity contribution in [3.05, 3.63) is 29.8 Å². The molecule has 1 aliphatic rings. The number of thiocarbonyl (C=S) groups is 1. The molecule has 0 fully saturated rings. The van der Waals surface area contributed by atoms with Crippen molar-refractivity contribution in [3.63, 3.8) is 0 Å². The lowest BCUT2D eigenvalue weighted by Gasteiger charge is -2.27. The van der Waals surface area contributed by atoms with Gasteiger partial charge in [-0.15, -0.1) is 0 Å². The van der Waals surface area contributed by atoms with Crippen LogP contribution < -0.4 is 15.4 Å². The van der Waals surface area contributed by atoms with E-state index in [4.69, 9.17) is 17.0 Å². The standard InChI is InChI=1S/C14H20N2OS2/c1-19-10-4-8-15-14(18)16-12-7-9-17-13-6-3-2-5-11(12)13/h2-3,5-6,12H,4,7-10H2,1H3,(H2,15,16,18)/t12-/m0/s1. The van der Waals surface area contributed by atoms with Crippen LogP contribution in [0.25, 0.3) is 0 Å².